The van der Waals surface area contributed by atoms with E-state index in [2.05, 4.69) is 5.32 Å². The lowest BCUT2D eigenvalue weighted by Crippen LogP contribution is -2.50. The highest BCUT2D eigenvalue weighted by Gasteiger charge is 2.38. The molecule has 1 heterocycles. The maximum absolute atomic E-state index is 13.2. The van der Waals surface area contributed by atoms with E-state index in [0.29, 0.717) is 16.1 Å². The number of hydrogen-bond donors (Lipinski definition) is 1. The Hall–Kier alpha value is -3.16. The van der Waals surface area contributed by atoms with Gasteiger partial charge in [-0.2, -0.15) is 0 Å². The molecule has 0 saturated carbocycles. The van der Waals surface area contributed by atoms with Gasteiger partial charge in [-0.1, -0.05) is 72.3 Å². The fourth-order valence-electron chi connectivity index (χ4n) is 3.87. The summed E-state index contributed by atoms with van der Waals surface area (Å²) in [5, 5.41) is 3.37. The molecule has 6 nitrogen and oxygen atoms in total. The monoisotopic (exact) mass is 482 g/mol. The van der Waals surface area contributed by atoms with Crippen LogP contribution in [0.5, 0.6) is 0 Å². The molecule has 3 aromatic carbocycles. The maximum Gasteiger partial charge on any atom is 0.255 e. The minimum Gasteiger partial charge on any atom is -0.350 e. The van der Waals surface area contributed by atoms with Gasteiger partial charge in [0.2, 0.25) is 5.91 Å². The summed E-state index contributed by atoms with van der Waals surface area (Å²) in [4.78, 5) is 27.6. The van der Waals surface area contributed by atoms with Crippen LogP contribution in [0.15, 0.2) is 78.9 Å². The fourth-order valence-corrected chi connectivity index (χ4v) is 5.63. The summed E-state index contributed by atoms with van der Waals surface area (Å²) >= 11 is 5.91. The molecule has 3 aromatic rings. The molecule has 1 N–H and O–H groups in total. The van der Waals surface area contributed by atoms with Gasteiger partial charge in [0.05, 0.1) is 11.5 Å². The molecular formula is C25H23ClN2O4S. The molecule has 0 saturated heterocycles. The maximum atomic E-state index is 13.2. The van der Waals surface area contributed by atoms with Gasteiger partial charge in [-0.25, -0.2) is 8.42 Å². The molecule has 1 aliphatic rings. The lowest BCUT2D eigenvalue weighted by Gasteiger charge is -2.27. The van der Waals surface area contributed by atoms with E-state index < -0.39 is 27.5 Å². The third-order valence-corrected chi connectivity index (χ3v) is 7.40. The van der Waals surface area contributed by atoms with Gasteiger partial charge in [-0.15, -0.1) is 0 Å². The molecule has 33 heavy (non-hydrogen) atoms. The first-order valence-corrected chi connectivity index (χ1v) is 12.7. The summed E-state index contributed by atoms with van der Waals surface area (Å²) in [6, 6.07) is 21.7. The summed E-state index contributed by atoms with van der Waals surface area (Å²) in [6.45, 7) is 0.384. The molecule has 0 spiro atoms. The van der Waals surface area contributed by atoms with Crippen LogP contribution in [-0.4, -0.2) is 36.9 Å². The van der Waals surface area contributed by atoms with Crippen molar-refractivity contribution in [2.45, 2.75) is 24.9 Å². The van der Waals surface area contributed by atoms with E-state index in [0.717, 1.165) is 11.1 Å². The second kappa shape index (κ2) is 9.77. The van der Waals surface area contributed by atoms with Crippen molar-refractivity contribution < 1.29 is 18.0 Å². The van der Waals surface area contributed by atoms with Gasteiger partial charge in [-0.05, 0) is 34.9 Å². The van der Waals surface area contributed by atoms with Crippen LogP contribution in [0.4, 0.5) is 0 Å². The summed E-state index contributed by atoms with van der Waals surface area (Å²) in [5.74, 6) is -1.52. The average molecular weight is 483 g/mol. The average Bonchev–Trinajstić information content (AvgIpc) is 3.14. The molecule has 1 atom stereocenters. The quantitative estimate of drug-likeness (QED) is 0.531. The van der Waals surface area contributed by atoms with Crippen molar-refractivity contribution in [3.8, 4) is 0 Å². The zero-order valence-corrected chi connectivity index (χ0v) is 19.4. The molecule has 1 unspecified atom stereocenters. The predicted molar refractivity (Wildman–Crippen MR) is 127 cm³/mol. The fraction of sp³-hybridized carbons (Fsp3) is 0.200. The number of hydrogen-bond acceptors (Lipinski definition) is 4. The second-order valence-corrected chi connectivity index (χ2v) is 10.5. The second-order valence-electron chi connectivity index (χ2n) is 7.99. The van der Waals surface area contributed by atoms with E-state index >= 15 is 0 Å². The van der Waals surface area contributed by atoms with Crippen LogP contribution in [-0.2, 0) is 33.5 Å². The van der Waals surface area contributed by atoms with Crippen LogP contribution in [0.25, 0.3) is 0 Å². The van der Waals surface area contributed by atoms with Crippen LogP contribution in [0.3, 0.4) is 0 Å². The first-order chi connectivity index (χ1) is 15.8. The largest absolute Gasteiger partial charge is 0.350 e. The Kier molecular flexibility index (Phi) is 6.81. The highest BCUT2D eigenvalue weighted by Crippen LogP contribution is 2.25. The lowest BCUT2D eigenvalue weighted by atomic mass is 10.1. The number of nitrogens with zero attached hydrogens (tertiary/aromatic N) is 1. The molecule has 170 valence electrons. The van der Waals surface area contributed by atoms with E-state index in [9.17, 15) is 18.0 Å². The number of sulfone groups is 1. The van der Waals surface area contributed by atoms with Gasteiger partial charge >= 0.3 is 0 Å². The van der Waals surface area contributed by atoms with Crippen molar-refractivity contribution in [2.24, 2.45) is 0 Å². The van der Waals surface area contributed by atoms with E-state index in [1.54, 1.807) is 60.7 Å². The minimum atomic E-state index is -3.69. The van der Waals surface area contributed by atoms with E-state index in [4.69, 9.17) is 11.6 Å². The SMILES string of the molecule is O=C(NCc1ccc(Cl)cc1)C(CS(=O)(=O)Cc1ccccc1)N1Cc2ccccc2C1=O. The Morgan fingerprint density at radius 2 is 1.61 bits per heavy atom. The zero-order chi connectivity index (χ0) is 23.4. The van der Waals surface area contributed by atoms with E-state index in [1.165, 1.54) is 4.90 Å². The van der Waals surface area contributed by atoms with Crippen LogP contribution < -0.4 is 5.32 Å². The third kappa shape index (κ3) is 5.61. The molecule has 8 heteroatoms. The number of fused-ring (bicyclic) bond motifs is 1. The molecule has 0 bridgehead atoms. The zero-order valence-electron chi connectivity index (χ0n) is 17.8. The molecule has 0 aliphatic carbocycles. The summed E-state index contributed by atoms with van der Waals surface area (Å²) < 4.78 is 26.1. The number of carbonyl (C=O) groups excluding carboxylic acids is 2. The lowest BCUT2D eigenvalue weighted by molar-refractivity contribution is -0.125. The number of rotatable bonds is 8. The normalized spacial score (nSPS) is 14.1. The molecule has 2 amide bonds. The Labute approximate surface area is 198 Å². The summed E-state index contributed by atoms with van der Waals surface area (Å²) in [5.41, 5.74) is 2.72. The van der Waals surface area contributed by atoms with Crippen molar-refractivity contribution in [1.29, 1.82) is 0 Å². The predicted octanol–water partition coefficient (Wildman–Crippen LogP) is 3.60. The first-order valence-electron chi connectivity index (χ1n) is 10.5. The van der Waals surface area contributed by atoms with E-state index in [-0.39, 0.29) is 24.7 Å². The standard InChI is InChI=1S/C25H23ClN2O4S/c26-21-12-10-18(11-13-21)14-27-24(29)23(17-33(31,32)16-19-6-2-1-3-7-19)28-15-20-8-4-5-9-22(20)25(28)30/h1-13,23H,14-17H2,(H,27,29). The molecule has 1 aliphatic heterocycles. The van der Waals surface area contributed by atoms with Crippen LogP contribution in [0.1, 0.15) is 27.0 Å². The molecule has 0 aromatic heterocycles. The van der Waals surface area contributed by atoms with Gasteiger partial charge in [0.15, 0.2) is 9.84 Å². The van der Waals surface area contributed by atoms with Crippen molar-refractivity contribution in [2.75, 3.05) is 5.75 Å². The smallest absolute Gasteiger partial charge is 0.255 e. The number of nitrogens with one attached hydrogen (secondary N) is 1. The molecule has 4 rings (SSSR count). The van der Waals surface area contributed by atoms with Crippen LogP contribution in [0.2, 0.25) is 5.02 Å². The highest BCUT2D eigenvalue weighted by atomic mass is 35.5. The number of halogens is 1. The molecular weight excluding hydrogens is 460 g/mol. The van der Waals surface area contributed by atoms with Crippen molar-refractivity contribution in [3.05, 3.63) is 106 Å². The third-order valence-electron chi connectivity index (χ3n) is 5.55. The summed E-state index contributed by atoms with van der Waals surface area (Å²) in [7, 11) is -3.69. The van der Waals surface area contributed by atoms with Crippen LogP contribution in [0, 0.1) is 0 Å². The number of benzene rings is 3. The summed E-state index contributed by atoms with van der Waals surface area (Å²) in [6.07, 6.45) is 0. The number of amides is 2. The van der Waals surface area contributed by atoms with Gasteiger partial charge in [0.25, 0.3) is 5.91 Å². The Morgan fingerprint density at radius 3 is 2.30 bits per heavy atom. The van der Waals surface area contributed by atoms with E-state index in [1.807, 2.05) is 18.2 Å². The Bertz CT molecular complexity index is 1260. The van der Waals surface area contributed by atoms with Crippen molar-refractivity contribution in [1.82, 2.24) is 10.2 Å². The molecule has 0 fully saturated rings. The first kappa shape index (κ1) is 23.0. The van der Waals surface area contributed by atoms with Gasteiger partial charge in [0.1, 0.15) is 6.04 Å². The van der Waals surface area contributed by atoms with Crippen LogP contribution >= 0.6 is 11.6 Å². The van der Waals surface area contributed by atoms with Crippen molar-refractivity contribution in [3.63, 3.8) is 0 Å². The molecule has 0 radical (unpaired) electrons. The number of carbonyl (C=O) groups is 2. The van der Waals surface area contributed by atoms with Gasteiger partial charge in [-0.3, -0.25) is 9.59 Å². The topological polar surface area (TPSA) is 83.6 Å². The van der Waals surface area contributed by atoms with Crippen molar-refractivity contribution >= 4 is 33.3 Å². The minimum absolute atomic E-state index is 0.189. The Balaban J connectivity index is 1.56. The Morgan fingerprint density at radius 1 is 0.939 bits per heavy atom. The van der Waals surface area contributed by atoms with Gasteiger partial charge < -0.3 is 10.2 Å². The highest BCUT2D eigenvalue weighted by molar-refractivity contribution is 7.90. The van der Waals surface area contributed by atoms with Gasteiger partial charge in [0, 0.05) is 23.7 Å².